The van der Waals surface area contributed by atoms with Crippen LogP contribution in [0.2, 0.25) is 0 Å². The van der Waals surface area contributed by atoms with Gasteiger partial charge in [-0.1, -0.05) is 17.7 Å². The maximum atomic E-state index is 12.8. The number of benzene rings is 2. The van der Waals surface area contributed by atoms with Gasteiger partial charge in [-0.2, -0.15) is 0 Å². The summed E-state index contributed by atoms with van der Waals surface area (Å²) in [7, 11) is 0. The second kappa shape index (κ2) is 7.97. The number of anilines is 2. The number of nitrogens with one attached hydrogen (secondary N) is 1. The van der Waals surface area contributed by atoms with E-state index in [1.807, 2.05) is 31.2 Å². The quantitative estimate of drug-likeness (QED) is 0.641. The van der Waals surface area contributed by atoms with E-state index in [4.69, 9.17) is 4.42 Å². The van der Waals surface area contributed by atoms with Crippen molar-refractivity contribution in [1.82, 2.24) is 0 Å². The summed E-state index contributed by atoms with van der Waals surface area (Å²) in [6.45, 7) is 1.96. The lowest BCUT2D eigenvalue weighted by molar-refractivity contribution is -0.121. The third-order valence-electron chi connectivity index (χ3n) is 4.53. The van der Waals surface area contributed by atoms with Crippen LogP contribution in [-0.2, 0) is 9.59 Å². The van der Waals surface area contributed by atoms with E-state index in [-0.39, 0.29) is 29.9 Å². The number of aryl methyl sites for hydroxylation is 1. The Morgan fingerprint density at radius 1 is 1.07 bits per heavy atom. The highest BCUT2D eigenvalue weighted by molar-refractivity contribution is 8.00. The van der Waals surface area contributed by atoms with Crippen LogP contribution < -0.4 is 10.2 Å². The Labute approximate surface area is 171 Å². The van der Waals surface area contributed by atoms with Gasteiger partial charge < -0.3 is 9.73 Å². The summed E-state index contributed by atoms with van der Waals surface area (Å²) in [5.74, 6) is -0.506. The molecule has 1 aliphatic heterocycles. The lowest BCUT2D eigenvalue weighted by Crippen LogP contribution is -2.31. The first-order chi connectivity index (χ1) is 14.0. The average molecular weight is 406 g/mol. The first-order valence-corrected chi connectivity index (χ1v) is 9.94. The van der Waals surface area contributed by atoms with Crippen molar-refractivity contribution in [3.8, 4) is 0 Å². The van der Waals surface area contributed by atoms with Gasteiger partial charge in [-0.25, -0.2) is 4.90 Å². The highest BCUT2D eigenvalue weighted by Gasteiger charge is 2.40. The fourth-order valence-electron chi connectivity index (χ4n) is 3.04. The van der Waals surface area contributed by atoms with Gasteiger partial charge in [0.05, 0.1) is 17.2 Å². The Bertz CT molecular complexity index is 1040. The molecule has 4 rings (SSSR count). The van der Waals surface area contributed by atoms with Crippen LogP contribution in [-0.4, -0.2) is 23.0 Å². The standard InChI is InChI=1S/C22H18N2O4S/c1-14-4-8-16(9-5-14)24-20(25)13-19(22(24)27)29-17-10-6-15(7-11-17)23-21(26)18-3-2-12-28-18/h2-12,19H,13H2,1H3,(H,23,26). The van der Waals surface area contributed by atoms with Crippen LogP contribution in [0.4, 0.5) is 11.4 Å². The van der Waals surface area contributed by atoms with Crippen molar-refractivity contribution in [2.75, 3.05) is 10.2 Å². The Morgan fingerprint density at radius 3 is 2.45 bits per heavy atom. The van der Waals surface area contributed by atoms with Crippen molar-refractivity contribution in [3.63, 3.8) is 0 Å². The molecule has 146 valence electrons. The summed E-state index contributed by atoms with van der Waals surface area (Å²) >= 11 is 1.35. The number of thioether (sulfide) groups is 1. The van der Waals surface area contributed by atoms with Gasteiger partial charge in [-0.3, -0.25) is 14.4 Å². The second-order valence-electron chi connectivity index (χ2n) is 6.67. The number of imide groups is 1. The molecule has 29 heavy (non-hydrogen) atoms. The van der Waals surface area contributed by atoms with E-state index in [0.29, 0.717) is 11.4 Å². The molecule has 3 aromatic rings. The predicted molar refractivity (Wildman–Crippen MR) is 111 cm³/mol. The third-order valence-corrected chi connectivity index (χ3v) is 5.73. The largest absolute Gasteiger partial charge is 0.459 e. The van der Waals surface area contributed by atoms with E-state index < -0.39 is 5.25 Å². The van der Waals surface area contributed by atoms with Crippen molar-refractivity contribution in [1.29, 1.82) is 0 Å². The molecule has 0 radical (unpaired) electrons. The minimum atomic E-state index is -0.465. The summed E-state index contributed by atoms with van der Waals surface area (Å²) in [4.78, 5) is 39.3. The molecule has 0 spiro atoms. The lowest BCUT2D eigenvalue weighted by Gasteiger charge is -2.15. The van der Waals surface area contributed by atoms with Crippen molar-refractivity contribution in [2.45, 2.75) is 23.5 Å². The Balaban J connectivity index is 1.41. The van der Waals surface area contributed by atoms with E-state index in [9.17, 15) is 14.4 Å². The summed E-state index contributed by atoms with van der Waals surface area (Å²) in [5, 5.41) is 2.28. The monoisotopic (exact) mass is 406 g/mol. The molecule has 1 atom stereocenters. The van der Waals surface area contributed by atoms with Crippen LogP contribution in [0, 0.1) is 6.92 Å². The fraction of sp³-hybridized carbons (Fsp3) is 0.136. The van der Waals surface area contributed by atoms with E-state index in [2.05, 4.69) is 5.32 Å². The highest BCUT2D eigenvalue weighted by atomic mass is 32.2. The summed E-state index contributed by atoms with van der Waals surface area (Å²) in [6, 6.07) is 17.7. The number of nitrogens with zero attached hydrogens (tertiary/aromatic N) is 1. The van der Waals surface area contributed by atoms with Crippen LogP contribution in [0.5, 0.6) is 0 Å². The minimum absolute atomic E-state index is 0.161. The van der Waals surface area contributed by atoms with E-state index in [0.717, 1.165) is 10.5 Å². The Hall–Kier alpha value is -3.32. The predicted octanol–water partition coefficient (Wildman–Crippen LogP) is 4.26. The topological polar surface area (TPSA) is 79.6 Å². The van der Waals surface area contributed by atoms with Gasteiger partial charge in [-0.05, 0) is 55.5 Å². The van der Waals surface area contributed by atoms with Crippen LogP contribution in [0.25, 0.3) is 0 Å². The van der Waals surface area contributed by atoms with Gasteiger partial charge >= 0.3 is 0 Å². The van der Waals surface area contributed by atoms with Crippen LogP contribution in [0.3, 0.4) is 0 Å². The highest BCUT2D eigenvalue weighted by Crippen LogP contribution is 2.34. The molecule has 2 aromatic carbocycles. The summed E-state index contributed by atoms with van der Waals surface area (Å²) in [6.07, 6.45) is 1.60. The second-order valence-corrected chi connectivity index (χ2v) is 7.95. The average Bonchev–Trinajstić information content (AvgIpc) is 3.34. The minimum Gasteiger partial charge on any atom is -0.459 e. The zero-order valence-corrected chi connectivity index (χ0v) is 16.4. The van der Waals surface area contributed by atoms with Gasteiger partial charge in [0.2, 0.25) is 11.8 Å². The molecule has 2 heterocycles. The summed E-state index contributed by atoms with van der Waals surface area (Å²) in [5.41, 5.74) is 2.29. The van der Waals surface area contributed by atoms with Crippen LogP contribution >= 0.6 is 11.8 Å². The number of rotatable bonds is 5. The van der Waals surface area contributed by atoms with Gasteiger partial charge in [0.1, 0.15) is 0 Å². The molecule has 0 aliphatic carbocycles. The molecule has 1 fully saturated rings. The van der Waals surface area contributed by atoms with Crippen molar-refractivity contribution in [3.05, 3.63) is 78.3 Å². The van der Waals surface area contributed by atoms with E-state index in [1.54, 1.807) is 36.4 Å². The van der Waals surface area contributed by atoms with Crippen molar-refractivity contribution >= 4 is 40.9 Å². The smallest absolute Gasteiger partial charge is 0.291 e. The van der Waals surface area contributed by atoms with Gasteiger partial charge in [0.15, 0.2) is 5.76 Å². The summed E-state index contributed by atoms with van der Waals surface area (Å²) < 4.78 is 5.06. The molecule has 0 bridgehead atoms. The number of hydrogen-bond acceptors (Lipinski definition) is 5. The first kappa shape index (κ1) is 19.0. The number of carbonyl (C=O) groups excluding carboxylic acids is 3. The molecular weight excluding hydrogens is 388 g/mol. The fourth-order valence-corrected chi connectivity index (χ4v) is 4.10. The zero-order chi connectivity index (χ0) is 20.4. The maximum absolute atomic E-state index is 12.8. The molecule has 6 nitrogen and oxygen atoms in total. The lowest BCUT2D eigenvalue weighted by atomic mass is 10.2. The molecular formula is C22H18N2O4S. The number of furan rings is 1. The van der Waals surface area contributed by atoms with E-state index in [1.165, 1.54) is 22.9 Å². The van der Waals surface area contributed by atoms with Crippen LogP contribution in [0.15, 0.2) is 76.2 Å². The number of amides is 3. The number of carbonyl (C=O) groups is 3. The molecule has 1 aromatic heterocycles. The maximum Gasteiger partial charge on any atom is 0.291 e. The molecule has 1 N–H and O–H groups in total. The molecule has 1 unspecified atom stereocenters. The number of hydrogen-bond donors (Lipinski definition) is 1. The van der Waals surface area contributed by atoms with E-state index >= 15 is 0 Å². The van der Waals surface area contributed by atoms with Gasteiger partial charge in [-0.15, -0.1) is 11.8 Å². The molecule has 1 saturated heterocycles. The first-order valence-electron chi connectivity index (χ1n) is 9.06. The molecule has 1 aliphatic rings. The molecule has 0 saturated carbocycles. The zero-order valence-electron chi connectivity index (χ0n) is 15.6. The molecule has 3 amide bonds. The molecule has 7 heteroatoms. The Morgan fingerprint density at radius 2 is 1.79 bits per heavy atom. The van der Waals surface area contributed by atoms with Crippen molar-refractivity contribution in [2.24, 2.45) is 0 Å². The SMILES string of the molecule is Cc1ccc(N2C(=O)CC(Sc3ccc(NC(=O)c4ccco4)cc3)C2=O)cc1. The Kier molecular flexibility index (Phi) is 5.22. The van der Waals surface area contributed by atoms with Gasteiger partial charge in [0.25, 0.3) is 5.91 Å². The normalized spacial score (nSPS) is 16.3. The van der Waals surface area contributed by atoms with Gasteiger partial charge in [0, 0.05) is 17.0 Å². The third kappa shape index (κ3) is 4.09. The van der Waals surface area contributed by atoms with Crippen molar-refractivity contribution < 1.29 is 18.8 Å². The van der Waals surface area contributed by atoms with Crippen LogP contribution in [0.1, 0.15) is 22.5 Å².